The van der Waals surface area contributed by atoms with Crippen LogP contribution in [0.5, 0.6) is 0 Å². The highest BCUT2D eigenvalue weighted by Gasteiger charge is 2.66. The van der Waals surface area contributed by atoms with Gasteiger partial charge in [0.25, 0.3) is 18.4 Å². The van der Waals surface area contributed by atoms with E-state index in [1.807, 2.05) is 36.4 Å². The Bertz CT molecular complexity index is 1160. The summed E-state index contributed by atoms with van der Waals surface area (Å²) in [5.74, 6) is -0.877. The van der Waals surface area contributed by atoms with E-state index in [-0.39, 0.29) is 11.6 Å². The van der Waals surface area contributed by atoms with E-state index in [1.54, 1.807) is 27.9 Å². The van der Waals surface area contributed by atoms with Crippen molar-refractivity contribution in [3.63, 3.8) is 0 Å². The molecule has 2 aliphatic heterocycles. The zero-order valence-corrected chi connectivity index (χ0v) is 25.3. The quantitative estimate of drug-likeness (QED) is 0.339. The summed E-state index contributed by atoms with van der Waals surface area (Å²) in [7, 11) is -5.27. The second-order valence-corrected chi connectivity index (χ2v) is 17.5. The highest BCUT2D eigenvalue weighted by molar-refractivity contribution is 7.86. The minimum Gasteiger partial charge on any atom is -0.404 e. The number of fused-ring (bicyclic) bond motifs is 1. The van der Waals surface area contributed by atoms with Crippen LogP contribution in [0.15, 0.2) is 60.7 Å². The van der Waals surface area contributed by atoms with Crippen molar-refractivity contribution < 1.29 is 36.0 Å². The molecule has 0 amide bonds. The van der Waals surface area contributed by atoms with E-state index in [1.165, 1.54) is 0 Å². The van der Waals surface area contributed by atoms with Crippen molar-refractivity contribution in [3.8, 4) is 0 Å². The first-order chi connectivity index (χ1) is 17.7. The van der Waals surface area contributed by atoms with Crippen molar-refractivity contribution in [1.29, 1.82) is 0 Å². The molecule has 2 fully saturated rings. The van der Waals surface area contributed by atoms with Gasteiger partial charge in [-0.05, 0) is 36.2 Å². The summed E-state index contributed by atoms with van der Waals surface area (Å²) in [4.78, 5) is 0. The average Bonchev–Trinajstić information content (AvgIpc) is 3.27. The van der Waals surface area contributed by atoms with Gasteiger partial charge in [0.15, 0.2) is 12.1 Å². The normalized spacial score (nSPS) is 28.3. The molecule has 8 nitrogen and oxygen atoms in total. The number of hydrogen-bond donors (Lipinski definition) is 0. The number of benzene rings is 2. The maximum atomic E-state index is 12.3. The Morgan fingerprint density at radius 1 is 0.947 bits per heavy atom. The topological polar surface area (TPSA) is 89.5 Å². The summed E-state index contributed by atoms with van der Waals surface area (Å²) in [6.07, 6.45) is -2.02. The lowest BCUT2D eigenvalue weighted by atomic mass is 9.90. The zero-order valence-electron chi connectivity index (χ0n) is 23.5. The summed E-state index contributed by atoms with van der Waals surface area (Å²) >= 11 is 0. The van der Waals surface area contributed by atoms with Gasteiger partial charge in [-0.2, -0.15) is 8.42 Å². The number of ether oxygens (including phenoxy) is 4. The monoisotopic (exact) mass is 564 g/mol. The Labute approximate surface area is 227 Å². The molecule has 0 aromatic heterocycles. The standard InChI is InChI=1S/C28H40O8SSi/c1-20(36-37(8,29)30)28(24(31-7)23-25(35-28)34-27(5,6)33-23)19-32-38(26(2,3)4,21-15-11-9-12-16-21)22-17-13-10-14-18-22/h9-18,20,23-25H,19H2,1-8H3/t20-,23-,24+,25+,28+/m1/s1. The fraction of sp³-hybridized carbons (Fsp3) is 0.571. The molecule has 2 aromatic carbocycles. The van der Waals surface area contributed by atoms with Gasteiger partial charge in [-0.15, -0.1) is 0 Å². The maximum absolute atomic E-state index is 12.3. The van der Waals surface area contributed by atoms with Gasteiger partial charge >= 0.3 is 0 Å². The molecule has 4 rings (SSSR count). The van der Waals surface area contributed by atoms with Gasteiger partial charge < -0.3 is 23.4 Å². The van der Waals surface area contributed by atoms with Crippen LogP contribution in [0.2, 0.25) is 5.04 Å². The highest BCUT2D eigenvalue weighted by Crippen LogP contribution is 2.47. The Morgan fingerprint density at radius 2 is 1.47 bits per heavy atom. The van der Waals surface area contributed by atoms with Gasteiger partial charge in [-0.25, -0.2) is 0 Å². The lowest BCUT2D eigenvalue weighted by Crippen LogP contribution is -2.69. The molecule has 2 heterocycles. The van der Waals surface area contributed by atoms with E-state index in [2.05, 4.69) is 45.0 Å². The fourth-order valence-corrected chi connectivity index (χ4v) is 11.1. The first-order valence-electron chi connectivity index (χ1n) is 12.8. The van der Waals surface area contributed by atoms with Gasteiger partial charge in [0, 0.05) is 7.11 Å². The highest BCUT2D eigenvalue weighted by atomic mass is 32.2. The van der Waals surface area contributed by atoms with Gasteiger partial charge in [-0.1, -0.05) is 81.4 Å². The molecular weight excluding hydrogens is 524 g/mol. The van der Waals surface area contributed by atoms with Crippen LogP contribution in [-0.4, -0.2) is 72.7 Å². The van der Waals surface area contributed by atoms with Crippen LogP contribution in [0.1, 0.15) is 41.5 Å². The molecule has 2 aliphatic rings. The largest absolute Gasteiger partial charge is 0.404 e. The minimum atomic E-state index is -3.82. The molecule has 10 heteroatoms. The SMILES string of the molecule is CO[C@H]1[C@H]2OC(C)(C)O[C@H]2O[C@@]1(CO[Si](c1ccccc1)(c1ccccc1)C(C)(C)C)[C@@H](C)OS(C)(=O)=O. The average molecular weight is 565 g/mol. The summed E-state index contributed by atoms with van der Waals surface area (Å²) < 4.78 is 62.0. The molecule has 2 aromatic rings. The molecular formula is C28H40O8SSi. The fourth-order valence-electron chi connectivity index (χ4n) is 5.84. The predicted molar refractivity (Wildman–Crippen MR) is 147 cm³/mol. The Kier molecular flexibility index (Phi) is 8.04. The summed E-state index contributed by atoms with van der Waals surface area (Å²) in [6.45, 7) is 11.8. The minimum absolute atomic E-state index is 0.00434. The Balaban J connectivity index is 1.84. The van der Waals surface area contributed by atoms with Crippen molar-refractivity contribution in [2.24, 2.45) is 0 Å². The van der Waals surface area contributed by atoms with E-state index in [4.69, 9.17) is 27.6 Å². The van der Waals surface area contributed by atoms with E-state index in [0.29, 0.717) is 0 Å². The molecule has 5 atom stereocenters. The second kappa shape index (κ2) is 10.4. The van der Waals surface area contributed by atoms with E-state index >= 15 is 0 Å². The van der Waals surface area contributed by atoms with Crippen LogP contribution < -0.4 is 10.4 Å². The van der Waals surface area contributed by atoms with Gasteiger partial charge in [0.2, 0.25) is 0 Å². The van der Waals surface area contributed by atoms with Crippen molar-refractivity contribution >= 4 is 28.8 Å². The molecule has 0 unspecified atom stereocenters. The number of rotatable bonds is 9. The smallest absolute Gasteiger partial charge is 0.264 e. The lowest BCUT2D eigenvalue weighted by molar-refractivity contribution is -0.262. The number of methoxy groups -OCH3 is 1. The molecule has 38 heavy (non-hydrogen) atoms. The zero-order chi connectivity index (χ0) is 28.0. The first kappa shape index (κ1) is 29.4. The van der Waals surface area contributed by atoms with Crippen LogP contribution in [0.3, 0.4) is 0 Å². The van der Waals surface area contributed by atoms with E-state index in [0.717, 1.165) is 16.6 Å². The van der Waals surface area contributed by atoms with Crippen molar-refractivity contribution in [1.82, 2.24) is 0 Å². The summed E-state index contributed by atoms with van der Waals surface area (Å²) in [6, 6.07) is 20.4. The van der Waals surface area contributed by atoms with Crippen molar-refractivity contribution in [2.75, 3.05) is 20.0 Å². The first-order valence-corrected chi connectivity index (χ1v) is 16.6. The number of hydrogen-bond acceptors (Lipinski definition) is 8. The molecule has 0 spiro atoms. The lowest BCUT2D eigenvalue weighted by Gasteiger charge is -2.47. The molecule has 0 bridgehead atoms. The molecule has 2 saturated heterocycles. The molecule has 0 saturated carbocycles. The van der Waals surface area contributed by atoms with Crippen LogP contribution in [0, 0.1) is 0 Å². The van der Waals surface area contributed by atoms with E-state index in [9.17, 15) is 8.42 Å². The van der Waals surface area contributed by atoms with Crippen molar-refractivity contribution in [2.45, 2.75) is 82.6 Å². The summed E-state index contributed by atoms with van der Waals surface area (Å²) in [5, 5.41) is 1.88. The van der Waals surface area contributed by atoms with Gasteiger partial charge in [0.05, 0.1) is 12.9 Å². The van der Waals surface area contributed by atoms with Crippen LogP contribution >= 0.6 is 0 Å². The molecule has 0 N–H and O–H groups in total. The van der Waals surface area contributed by atoms with Crippen LogP contribution in [-0.2, 0) is 37.7 Å². The van der Waals surface area contributed by atoms with Crippen LogP contribution in [0.25, 0.3) is 0 Å². The third-order valence-electron chi connectivity index (χ3n) is 7.40. The van der Waals surface area contributed by atoms with Crippen molar-refractivity contribution in [3.05, 3.63) is 60.7 Å². The molecule has 0 radical (unpaired) electrons. The van der Waals surface area contributed by atoms with E-state index < -0.39 is 54.4 Å². The third-order valence-corrected chi connectivity index (χ3v) is 13.0. The second-order valence-electron chi connectivity index (χ2n) is 11.6. The summed E-state index contributed by atoms with van der Waals surface area (Å²) in [5.41, 5.74) is -1.34. The van der Waals surface area contributed by atoms with Crippen LogP contribution in [0.4, 0.5) is 0 Å². The third kappa shape index (κ3) is 5.38. The van der Waals surface area contributed by atoms with Gasteiger partial charge in [0.1, 0.15) is 23.9 Å². The molecule has 0 aliphatic carbocycles. The Morgan fingerprint density at radius 3 is 1.92 bits per heavy atom. The molecule has 210 valence electrons. The maximum Gasteiger partial charge on any atom is 0.264 e. The predicted octanol–water partition coefficient (Wildman–Crippen LogP) is 3.19. The Hall–Kier alpha value is -1.63. The van der Waals surface area contributed by atoms with Gasteiger partial charge in [-0.3, -0.25) is 4.18 Å².